The van der Waals surface area contributed by atoms with Crippen molar-refractivity contribution in [2.75, 3.05) is 18.4 Å². The second-order valence-electron chi connectivity index (χ2n) is 6.97. The molecule has 6 nitrogen and oxygen atoms in total. The summed E-state index contributed by atoms with van der Waals surface area (Å²) in [4.78, 5) is 16.5. The van der Waals surface area contributed by atoms with E-state index in [2.05, 4.69) is 10.3 Å². The van der Waals surface area contributed by atoms with Crippen molar-refractivity contribution < 1.29 is 18.0 Å². The molecule has 0 saturated carbocycles. The van der Waals surface area contributed by atoms with Crippen molar-refractivity contribution in [2.24, 2.45) is 5.73 Å². The zero-order chi connectivity index (χ0) is 22.4. The number of hydrogen-bond donors (Lipinski definition) is 3. The fraction of sp³-hybridized carbons (Fsp3) is 0.227. The number of halogens is 3. The highest BCUT2D eigenvalue weighted by atomic mass is 19.4. The van der Waals surface area contributed by atoms with E-state index in [1.165, 1.54) is 12.4 Å². The molecule has 0 spiro atoms. The number of benzene rings is 1. The summed E-state index contributed by atoms with van der Waals surface area (Å²) in [5.74, 6) is -1.80. The molecule has 9 heteroatoms. The van der Waals surface area contributed by atoms with Gasteiger partial charge in [-0.15, -0.1) is 0 Å². The summed E-state index contributed by atoms with van der Waals surface area (Å²) in [6.07, 6.45) is 5.08. The number of alkyl halides is 3. The van der Waals surface area contributed by atoms with Crippen LogP contribution in [0.5, 0.6) is 0 Å². The van der Waals surface area contributed by atoms with Crippen molar-refractivity contribution in [1.82, 2.24) is 9.88 Å². The summed E-state index contributed by atoms with van der Waals surface area (Å²) in [6.45, 7) is 0.462. The summed E-state index contributed by atoms with van der Waals surface area (Å²) in [6, 6.07) is 7.29. The van der Waals surface area contributed by atoms with Crippen molar-refractivity contribution in [3.63, 3.8) is 0 Å². The Morgan fingerprint density at radius 3 is 2.81 bits per heavy atom. The Kier molecular flexibility index (Phi) is 6.74. The first-order chi connectivity index (χ1) is 14.8. The number of pyridine rings is 1. The van der Waals surface area contributed by atoms with Gasteiger partial charge in [0.05, 0.1) is 0 Å². The molecule has 2 aromatic rings. The SMILES string of the molecule is N=CC(=CN)c1ccncc1/C=C/CNc1ccc2c(c1)CN(C(=O)C(F)(F)F)CC2. The van der Waals surface area contributed by atoms with Crippen LogP contribution in [0.2, 0.25) is 0 Å². The Bertz CT molecular complexity index is 1030. The zero-order valence-corrected chi connectivity index (χ0v) is 16.6. The summed E-state index contributed by atoms with van der Waals surface area (Å²) in [5, 5.41) is 10.7. The molecule has 3 rings (SSSR count). The minimum atomic E-state index is -4.86. The maximum atomic E-state index is 12.7. The highest BCUT2D eigenvalue weighted by molar-refractivity contribution is 6.09. The van der Waals surface area contributed by atoms with Crippen LogP contribution in [-0.4, -0.2) is 41.3 Å². The Labute approximate surface area is 177 Å². The molecular formula is C22H22F3N5O. The molecule has 1 aliphatic rings. The maximum Gasteiger partial charge on any atom is 0.471 e. The Morgan fingerprint density at radius 2 is 2.10 bits per heavy atom. The monoisotopic (exact) mass is 429 g/mol. The summed E-state index contributed by atoms with van der Waals surface area (Å²) in [7, 11) is 0. The van der Waals surface area contributed by atoms with E-state index < -0.39 is 12.1 Å². The van der Waals surface area contributed by atoms with Crippen molar-refractivity contribution in [2.45, 2.75) is 19.1 Å². The van der Waals surface area contributed by atoms with Crippen LogP contribution < -0.4 is 11.1 Å². The largest absolute Gasteiger partial charge is 0.471 e. The average molecular weight is 429 g/mol. The molecule has 0 unspecified atom stereocenters. The van der Waals surface area contributed by atoms with E-state index in [1.807, 2.05) is 24.3 Å². The number of anilines is 1. The number of fused-ring (bicyclic) bond motifs is 1. The normalized spacial score (nSPS) is 14.4. The maximum absolute atomic E-state index is 12.7. The van der Waals surface area contributed by atoms with Crippen molar-refractivity contribution in [1.29, 1.82) is 5.41 Å². The van der Waals surface area contributed by atoms with Crippen LogP contribution in [0.25, 0.3) is 11.6 Å². The van der Waals surface area contributed by atoms with Crippen LogP contribution >= 0.6 is 0 Å². The van der Waals surface area contributed by atoms with E-state index in [0.29, 0.717) is 24.1 Å². The minimum Gasteiger partial charge on any atom is -0.404 e. The molecule has 31 heavy (non-hydrogen) atoms. The highest BCUT2D eigenvalue weighted by Crippen LogP contribution is 2.26. The molecule has 0 radical (unpaired) electrons. The third kappa shape index (κ3) is 5.30. The predicted molar refractivity (Wildman–Crippen MR) is 114 cm³/mol. The summed E-state index contributed by atoms with van der Waals surface area (Å²) in [5.41, 5.74) is 10.1. The highest BCUT2D eigenvalue weighted by Gasteiger charge is 2.43. The third-order valence-electron chi connectivity index (χ3n) is 4.97. The lowest BCUT2D eigenvalue weighted by atomic mass is 9.99. The Balaban J connectivity index is 1.66. The molecule has 4 N–H and O–H groups in total. The first kappa shape index (κ1) is 22.1. The molecule has 0 atom stereocenters. The van der Waals surface area contributed by atoms with Gasteiger partial charge in [0.2, 0.25) is 0 Å². The third-order valence-corrected chi connectivity index (χ3v) is 4.97. The molecule has 1 aromatic heterocycles. The van der Waals surface area contributed by atoms with Gasteiger partial charge in [-0.1, -0.05) is 18.2 Å². The fourth-order valence-electron chi connectivity index (χ4n) is 3.40. The Hall–Kier alpha value is -3.62. The van der Waals surface area contributed by atoms with Crippen LogP contribution in [0.1, 0.15) is 22.3 Å². The quantitative estimate of drug-likeness (QED) is 0.612. The number of hydrogen-bond acceptors (Lipinski definition) is 5. The van der Waals surface area contributed by atoms with Gasteiger partial charge in [-0.25, -0.2) is 0 Å². The van der Waals surface area contributed by atoms with Crippen LogP contribution in [0, 0.1) is 5.41 Å². The number of allylic oxidation sites excluding steroid dienone is 1. The number of carbonyl (C=O) groups is 1. The second kappa shape index (κ2) is 9.46. The number of carbonyl (C=O) groups excluding carboxylic acids is 1. The van der Waals surface area contributed by atoms with E-state index in [1.54, 1.807) is 24.5 Å². The number of nitrogens with two attached hydrogens (primary N) is 1. The predicted octanol–water partition coefficient (Wildman–Crippen LogP) is 3.60. The van der Waals surface area contributed by atoms with Crippen LogP contribution in [-0.2, 0) is 17.8 Å². The van der Waals surface area contributed by atoms with Crippen LogP contribution in [0.4, 0.5) is 18.9 Å². The van der Waals surface area contributed by atoms with Gasteiger partial charge < -0.3 is 21.4 Å². The van der Waals surface area contributed by atoms with E-state index >= 15 is 0 Å². The Morgan fingerprint density at radius 1 is 1.29 bits per heavy atom. The molecular weight excluding hydrogens is 407 g/mol. The molecule has 1 amide bonds. The molecule has 1 aromatic carbocycles. The molecule has 0 saturated heterocycles. The second-order valence-corrected chi connectivity index (χ2v) is 6.97. The van der Waals surface area contributed by atoms with Gasteiger partial charge in [0.15, 0.2) is 0 Å². The van der Waals surface area contributed by atoms with Gasteiger partial charge in [0.1, 0.15) is 0 Å². The minimum absolute atomic E-state index is 0.0588. The zero-order valence-electron chi connectivity index (χ0n) is 16.6. The lowest BCUT2D eigenvalue weighted by Gasteiger charge is -2.29. The summed E-state index contributed by atoms with van der Waals surface area (Å²) < 4.78 is 38.2. The lowest BCUT2D eigenvalue weighted by Crippen LogP contribution is -2.43. The fourth-order valence-corrected chi connectivity index (χ4v) is 3.40. The molecule has 1 aliphatic heterocycles. The van der Waals surface area contributed by atoms with Gasteiger partial charge in [0, 0.05) is 61.3 Å². The number of aromatic nitrogens is 1. The van der Waals surface area contributed by atoms with Gasteiger partial charge in [0.25, 0.3) is 0 Å². The number of nitrogens with one attached hydrogen (secondary N) is 2. The van der Waals surface area contributed by atoms with E-state index in [-0.39, 0.29) is 13.1 Å². The van der Waals surface area contributed by atoms with Crippen molar-refractivity contribution in [3.8, 4) is 0 Å². The number of amides is 1. The van der Waals surface area contributed by atoms with Crippen molar-refractivity contribution >= 4 is 29.5 Å². The van der Waals surface area contributed by atoms with Gasteiger partial charge in [-0.2, -0.15) is 13.2 Å². The van der Waals surface area contributed by atoms with E-state index in [4.69, 9.17) is 11.1 Å². The first-order valence-corrected chi connectivity index (χ1v) is 9.58. The van der Waals surface area contributed by atoms with Gasteiger partial charge in [-0.05, 0) is 41.3 Å². The number of rotatable bonds is 6. The molecule has 0 aliphatic carbocycles. The topological polar surface area (TPSA) is 95.1 Å². The standard InChI is InChI=1S/C22H22F3N5O/c23-22(24,25)21(31)30-9-6-15-3-4-19(10-17(15)14-30)29-7-1-2-16-13-28-8-5-20(16)18(11-26)12-27/h1-5,8,10-13,26,29H,6-7,9,14,27H2/b2-1+,18-12?,26-11?. The van der Waals surface area contributed by atoms with Gasteiger partial charge >= 0.3 is 12.1 Å². The van der Waals surface area contributed by atoms with Crippen LogP contribution in [0.15, 0.2) is 48.9 Å². The van der Waals surface area contributed by atoms with Crippen molar-refractivity contribution in [3.05, 3.63) is 71.2 Å². The molecule has 2 heterocycles. The number of nitrogens with zero attached hydrogens (tertiary/aromatic N) is 2. The van der Waals surface area contributed by atoms with Crippen LogP contribution in [0.3, 0.4) is 0 Å². The molecule has 0 fully saturated rings. The lowest BCUT2D eigenvalue weighted by molar-refractivity contribution is -0.186. The average Bonchev–Trinajstić information content (AvgIpc) is 2.76. The first-order valence-electron chi connectivity index (χ1n) is 9.58. The van der Waals surface area contributed by atoms with E-state index in [0.717, 1.165) is 27.3 Å². The van der Waals surface area contributed by atoms with Gasteiger partial charge in [-0.3, -0.25) is 9.78 Å². The molecule has 162 valence electrons. The summed E-state index contributed by atoms with van der Waals surface area (Å²) >= 11 is 0. The molecule has 0 bridgehead atoms. The van der Waals surface area contributed by atoms with E-state index in [9.17, 15) is 18.0 Å². The smallest absolute Gasteiger partial charge is 0.404 e.